The average Bonchev–Trinajstić information content (AvgIpc) is 3.02. The predicted molar refractivity (Wildman–Crippen MR) is 78.9 cm³/mol. The number of aliphatic imine (C=N–C) groups is 1. The van der Waals surface area contributed by atoms with Crippen molar-refractivity contribution >= 4 is 46.4 Å². The minimum atomic E-state index is -0.364. The fourth-order valence-electron chi connectivity index (χ4n) is 1.71. The van der Waals surface area contributed by atoms with Crippen molar-refractivity contribution in [3.05, 3.63) is 33.8 Å². The molecule has 2 N–H and O–H groups in total. The van der Waals surface area contributed by atoms with E-state index in [0.29, 0.717) is 22.0 Å². The van der Waals surface area contributed by atoms with Crippen molar-refractivity contribution in [2.75, 3.05) is 12.0 Å². The number of allylic oxidation sites excluding steroid dienone is 2. The van der Waals surface area contributed by atoms with Gasteiger partial charge >= 0.3 is 0 Å². The highest BCUT2D eigenvalue weighted by Gasteiger charge is 2.14. The lowest BCUT2D eigenvalue weighted by Gasteiger charge is -2.04. The van der Waals surface area contributed by atoms with E-state index in [1.165, 1.54) is 11.8 Å². The molecule has 0 unspecified atom stereocenters. The van der Waals surface area contributed by atoms with Crippen LogP contribution >= 0.6 is 23.3 Å². The van der Waals surface area contributed by atoms with Gasteiger partial charge in [-0.05, 0) is 24.5 Å². The smallest absolute Gasteiger partial charge is 0.283 e. The summed E-state index contributed by atoms with van der Waals surface area (Å²) in [6.07, 6.45) is 8.79. The lowest BCUT2D eigenvalue weighted by atomic mass is 10.2. The molecule has 0 saturated heterocycles. The molecule has 0 radical (unpaired) electrons. The molecule has 0 spiro atoms. The number of nitrogens with zero attached hydrogens (tertiary/aromatic N) is 4. The molecule has 0 saturated carbocycles. The van der Waals surface area contributed by atoms with E-state index in [1.54, 1.807) is 28.8 Å². The van der Waals surface area contributed by atoms with Gasteiger partial charge in [0.05, 0.1) is 11.3 Å². The third kappa shape index (κ3) is 1.98. The molecule has 0 fully saturated rings. The van der Waals surface area contributed by atoms with Crippen molar-refractivity contribution in [2.24, 2.45) is 4.99 Å². The molecule has 2 aromatic heterocycles. The minimum absolute atomic E-state index is 0.340. The van der Waals surface area contributed by atoms with E-state index in [-0.39, 0.29) is 5.56 Å². The van der Waals surface area contributed by atoms with Crippen molar-refractivity contribution in [3.63, 3.8) is 0 Å². The number of fused-ring (bicyclic) bond motifs is 1. The molecule has 1 aliphatic rings. The Balaban J connectivity index is 2.30. The second-order valence-corrected chi connectivity index (χ2v) is 5.21. The van der Waals surface area contributed by atoms with Gasteiger partial charge in [-0.25, -0.2) is 4.40 Å². The van der Waals surface area contributed by atoms with Crippen LogP contribution in [0, 0.1) is 0 Å². The van der Waals surface area contributed by atoms with Gasteiger partial charge in [-0.3, -0.25) is 9.79 Å². The maximum atomic E-state index is 12.0. The summed E-state index contributed by atoms with van der Waals surface area (Å²) < 4.78 is 5.90. The van der Waals surface area contributed by atoms with Gasteiger partial charge in [-0.15, -0.1) is 0 Å². The van der Waals surface area contributed by atoms with Crippen LogP contribution < -0.4 is 11.3 Å². The summed E-state index contributed by atoms with van der Waals surface area (Å²) in [5.74, 6) is 0.344. The van der Waals surface area contributed by atoms with Crippen molar-refractivity contribution in [2.45, 2.75) is 5.16 Å². The van der Waals surface area contributed by atoms with Crippen molar-refractivity contribution < 1.29 is 0 Å². The lowest BCUT2D eigenvalue weighted by molar-refractivity contribution is 0.953. The van der Waals surface area contributed by atoms with Crippen LogP contribution in [0.15, 0.2) is 32.8 Å². The van der Waals surface area contributed by atoms with E-state index in [0.717, 1.165) is 16.7 Å². The Morgan fingerprint density at radius 1 is 1.53 bits per heavy atom. The van der Waals surface area contributed by atoms with Crippen LogP contribution in [-0.2, 0) is 0 Å². The molecular formula is C11H9N5OS2. The SMILES string of the molecule is CSc1nsc2nc(=O)c(/C=C3\C=CC=N3)c(N)n12. The van der Waals surface area contributed by atoms with Gasteiger partial charge in [0.1, 0.15) is 5.82 Å². The number of hydrogen-bond donors (Lipinski definition) is 1. The van der Waals surface area contributed by atoms with Crippen LogP contribution in [0.1, 0.15) is 5.56 Å². The van der Waals surface area contributed by atoms with E-state index < -0.39 is 0 Å². The molecule has 19 heavy (non-hydrogen) atoms. The van der Waals surface area contributed by atoms with Gasteiger partial charge in [-0.2, -0.15) is 9.36 Å². The molecule has 0 amide bonds. The maximum absolute atomic E-state index is 12.0. The third-order valence-electron chi connectivity index (χ3n) is 2.58. The Bertz CT molecular complexity index is 785. The first-order chi connectivity index (χ1) is 9.20. The molecule has 8 heteroatoms. The van der Waals surface area contributed by atoms with Crippen LogP contribution in [0.3, 0.4) is 0 Å². The normalized spacial score (nSPS) is 15.9. The summed E-state index contributed by atoms with van der Waals surface area (Å²) in [6.45, 7) is 0. The summed E-state index contributed by atoms with van der Waals surface area (Å²) >= 11 is 2.61. The standard InChI is InChI=1S/C11H9N5OS2/c1-18-11-15-19-10-14-9(17)7(8(12)16(10)11)5-6-3-2-4-13-6/h2-5H,12H2,1H3/b6-5+. The zero-order chi connectivity index (χ0) is 13.4. The highest BCUT2D eigenvalue weighted by Crippen LogP contribution is 2.23. The van der Waals surface area contributed by atoms with Gasteiger partial charge in [-0.1, -0.05) is 11.8 Å². The van der Waals surface area contributed by atoms with E-state index >= 15 is 0 Å². The Labute approximate surface area is 116 Å². The highest BCUT2D eigenvalue weighted by molar-refractivity contribution is 7.98. The van der Waals surface area contributed by atoms with Crippen molar-refractivity contribution in [1.82, 2.24) is 13.8 Å². The summed E-state index contributed by atoms with van der Waals surface area (Å²) in [5.41, 5.74) is 6.73. The third-order valence-corrected chi connectivity index (χ3v) is 4.04. The molecule has 0 bridgehead atoms. The van der Waals surface area contributed by atoms with E-state index in [9.17, 15) is 4.79 Å². The summed E-state index contributed by atoms with van der Waals surface area (Å²) in [7, 11) is 0. The van der Waals surface area contributed by atoms with Gasteiger partial charge in [0.2, 0.25) is 4.96 Å². The van der Waals surface area contributed by atoms with Crippen LogP contribution in [0.5, 0.6) is 0 Å². The second-order valence-electron chi connectivity index (χ2n) is 3.71. The molecule has 1 aliphatic heterocycles. The number of thioether (sulfide) groups is 1. The Kier molecular flexibility index (Phi) is 2.96. The lowest BCUT2D eigenvalue weighted by Crippen LogP contribution is -2.16. The van der Waals surface area contributed by atoms with Gasteiger partial charge in [0.25, 0.3) is 5.56 Å². The molecule has 0 atom stereocenters. The average molecular weight is 291 g/mol. The number of nitrogen functional groups attached to an aromatic ring is 1. The molecular weight excluding hydrogens is 282 g/mol. The van der Waals surface area contributed by atoms with Crippen LogP contribution in [0.4, 0.5) is 5.82 Å². The fourth-order valence-corrected chi connectivity index (χ4v) is 3.17. The largest absolute Gasteiger partial charge is 0.384 e. The van der Waals surface area contributed by atoms with E-state index in [2.05, 4.69) is 14.3 Å². The summed E-state index contributed by atoms with van der Waals surface area (Å²) in [5, 5.41) is 0.718. The molecule has 6 nitrogen and oxygen atoms in total. The van der Waals surface area contributed by atoms with E-state index in [1.807, 2.05) is 6.26 Å². The Hall–Kier alpha value is -1.93. The van der Waals surface area contributed by atoms with E-state index in [4.69, 9.17) is 5.73 Å². The van der Waals surface area contributed by atoms with Crippen molar-refractivity contribution in [1.29, 1.82) is 0 Å². The number of anilines is 1. The van der Waals surface area contributed by atoms with Crippen LogP contribution in [0.25, 0.3) is 11.0 Å². The minimum Gasteiger partial charge on any atom is -0.384 e. The quantitative estimate of drug-likeness (QED) is 0.846. The number of hydrogen-bond acceptors (Lipinski definition) is 7. The van der Waals surface area contributed by atoms with Gasteiger partial charge < -0.3 is 5.73 Å². The molecule has 0 aliphatic carbocycles. The topological polar surface area (TPSA) is 85.6 Å². The van der Waals surface area contributed by atoms with Crippen molar-refractivity contribution in [3.8, 4) is 0 Å². The first-order valence-corrected chi connectivity index (χ1v) is 7.35. The first-order valence-electron chi connectivity index (χ1n) is 5.35. The number of aromatic nitrogens is 3. The van der Waals surface area contributed by atoms with Gasteiger partial charge in [0.15, 0.2) is 5.16 Å². The van der Waals surface area contributed by atoms with Crippen LogP contribution in [0.2, 0.25) is 0 Å². The molecule has 2 aromatic rings. The maximum Gasteiger partial charge on any atom is 0.283 e. The fraction of sp³-hybridized carbons (Fsp3) is 0.0909. The summed E-state index contributed by atoms with van der Waals surface area (Å²) in [6, 6.07) is 0. The van der Waals surface area contributed by atoms with Crippen LogP contribution in [-0.4, -0.2) is 26.2 Å². The Morgan fingerprint density at radius 3 is 3.05 bits per heavy atom. The zero-order valence-electron chi connectivity index (χ0n) is 9.90. The molecule has 0 aromatic carbocycles. The predicted octanol–water partition coefficient (Wildman–Crippen LogP) is 1.44. The first kappa shape index (κ1) is 12.1. The second kappa shape index (κ2) is 4.63. The highest BCUT2D eigenvalue weighted by atomic mass is 32.2. The summed E-state index contributed by atoms with van der Waals surface area (Å²) in [4.78, 5) is 20.6. The van der Waals surface area contributed by atoms with Gasteiger partial charge in [0, 0.05) is 17.7 Å². The zero-order valence-corrected chi connectivity index (χ0v) is 11.5. The number of nitrogens with two attached hydrogens (primary N) is 1. The molecule has 3 heterocycles. The molecule has 3 rings (SSSR count). The molecule has 96 valence electrons. The number of rotatable bonds is 2. The monoisotopic (exact) mass is 291 g/mol. The Morgan fingerprint density at radius 2 is 2.37 bits per heavy atom.